The van der Waals surface area contributed by atoms with Crippen molar-refractivity contribution in [1.82, 2.24) is 0 Å². The van der Waals surface area contributed by atoms with E-state index in [0.717, 1.165) is 20.8 Å². The molecule has 0 spiro atoms. The maximum atomic E-state index is 8.89. The zero-order valence-electron chi connectivity index (χ0n) is 14.8. The molecule has 0 aliphatic carbocycles. The predicted octanol–water partition coefficient (Wildman–Crippen LogP) is -0.0175. The van der Waals surface area contributed by atoms with Crippen LogP contribution in [0.3, 0.4) is 0 Å². The zero-order valence-corrected chi connectivity index (χ0v) is 17.7. The summed E-state index contributed by atoms with van der Waals surface area (Å²) in [7, 11) is 0. The van der Waals surface area contributed by atoms with Gasteiger partial charge in [-0.3, -0.25) is 0 Å². The second-order valence-electron chi connectivity index (χ2n) is 4.70. The predicted molar refractivity (Wildman–Crippen MR) is 85.2 cm³/mol. The van der Waals surface area contributed by atoms with Gasteiger partial charge in [0.25, 0.3) is 0 Å². The summed E-state index contributed by atoms with van der Waals surface area (Å²) >= 11 is 1.71. The summed E-state index contributed by atoms with van der Waals surface area (Å²) in [5.41, 5.74) is 0. The van der Waals surface area contributed by atoms with Crippen molar-refractivity contribution >= 4 is 40.4 Å². The van der Waals surface area contributed by atoms with Crippen molar-refractivity contribution in [3.05, 3.63) is 0 Å². The molecule has 0 saturated carbocycles. The standard InChI is InChI=1S/C10H21.3C2H4O2.Sn/c1-3-5-7-9-10-8-6-4-2;3*1-2(3)4;/h1,3-10H2,2H3;3*1H3,(H,3,4);/q;;;;+3/p-3. The van der Waals surface area contributed by atoms with Gasteiger partial charge in [0.15, 0.2) is 0 Å². The maximum absolute atomic E-state index is 8.89. The average molecular weight is 437 g/mol. The Morgan fingerprint density at radius 1 is 0.652 bits per heavy atom. The van der Waals surface area contributed by atoms with Crippen LogP contribution in [-0.2, 0) is 14.4 Å². The number of carboxylic acid groups (broad SMARTS) is 3. The number of hydrogen-bond acceptors (Lipinski definition) is 6. The molecular weight excluding hydrogens is 407 g/mol. The van der Waals surface area contributed by atoms with Crippen molar-refractivity contribution in [3.8, 4) is 0 Å². The molecule has 6 nitrogen and oxygen atoms in total. The van der Waals surface area contributed by atoms with Gasteiger partial charge in [-0.15, -0.1) is 0 Å². The first-order valence-electron chi connectivity index (χ1n) is 7.79. The van der Waals surface area contributed by atoms with Crippen LogP contribution in [0.4, 0.5) is 0 Å². The van der Waals surface area contributed by atoms with E-state index in [1.54, 1.807) is 22.5 Å². The molecule has 0 aromatic carbocycles. The van der Waals surface area contributed by atoms with Crippen LogP contribution in [0.25, 0.3) is 0 Å². The van der Waals surface area contributed by atoms with Gasteiger partial charge in [-0.25, -0.2) is 0 Å². The molecule has 0 aliphatic heterocycles. The fraction of sp³-hybridized carbons (Fsp3) is 0.812. The summed E-state index contributed by atoms with van der Waals surface area (Å²) in [5.74, 6) is -3.25. The number of carbonyl (C=O) groups is 3. The second-order valence-corrected chi connectivity index (χ2v) is 6.13. The Kier molecular flexibility index (Phi) is 38.3. The number of rotatable bonds is 8. The van der Waals surface area contributed by atoms with Crippen LogP contribution in [0.2, 0.25) is 4.44 Å². The third-order valence-corrected chi connectivity index (χ3v) is 3.04. The third-order valence-electron chi connectivity index (χ3n) is 2.03. The number of aliphatic carboxylic acids is 3. The first-order valence-corrected chi connectivity index (χ1v) is 9.80. The van der Waals surface area contributed by atoms with Crippen molar-refractivity contribution < 1.29 is 29.7 Å². The van der Waals surface area contributed by atoms with Crippen LogP contribution in [0.5, 0.6) is 0 Å². The van der Waals surface area contributed by atoms with E-state index in [0.29, 0.717) is 0 Å². The van der Waals surface area contributed by atoms with Crippen LogP contribution < -0.4 is 15.3 Å². The van der Waals surface area contributed by atoms with Crippen LogP contribution in [0, 0.1) is 0 Å². The van der Waals surface area contributed by atoms with Gasteiger partial charge >= 0.3 is 85.3 Å². The molecule has 0 rings (SSSR count). The van der Waals surface area contributed by atoms with Gasteiger partial charge < -0.3 is 29.7 Å². The van der Waals surface area contributed by atoms with Gasteiger partial charge in [0.1, 0.15) is 0 Å². The minimum atomic E-state index is -1.08. The molecule has 0 heterocycles. The second kappa shape index (κ2) is 29.2. The Bertz CT molecular complexity index is 221. The molecule has 7 heteroatoms. The number of unbranched alkanes of at least 4 members (excludes halogenated alkanes) is 7. The molecular formula is C16H30O6Sn. The molecule has 0 amide bonds. The van der Waals surface area contributed by atoms with Crippen molar-refractivity contribution in [3.63, 3.8) is 0 Å². The van der Waals surface area contributed by atoms with Crippen molar-refractivity contribution in [1.29, 1.82) is 0 Å². The molecule has 0 saturated heterocycles. The fourth-order valence-electron chi connectivity index (χ4n) is 1.26. The Morgan fingerprint density at radius 3 is 1.09 bits per heavy atom. The molecule has 0 fully saturated rings. The number of carbonyl (C=O) groups excluding carboxylic acids is 3. The summed E-state index contributed by atoms with van der Waals surface area (Å²) in [4.78, 5) is 26.7. The number of carboxylic acids is 3. The molecule has 0 aliphatic rings. The van der Waals surface area contributed by atoms with Gasteiger partial charge in [-0.05, 0) is 20.8 Å². The summed E-state index contributed by atoms with van der Waals surface area (Å²) in [6, 6.07) is 0. The topological polar surface area (TPSA) is 120 Å². The molecule has 0 radical (unpaired) electrons. The first-order chi connectivity index (χ1) is 10.6. The van der Waals surface area contributed by atoms with E-state index in [1.807, 2.05) is 0 Å². The minimum absolute atomic E-state index is 0.972. The molecule has 0 atom stereocenters. The normalized spacial score (nSPS) is 8.26. The summed E-state index contributed by atoms with van der Waals surface area (Å²) in [6.07, 6.45) is 11.7. The van der Waals surface area contributed by atoms with Crippen LogP contribution in [0.1, 0.15) is 79.1 Å². The molecule has 0 unspecified atom stereocenters. The first kappa shape index (κ1) is 30.1. The van der Waals surface area contributed by atoms with Gasteiger partial charge in [0.05, 0.1) is 0 Å². The van der Waals surface area contributed by atoms with E-state index in [1.165, 1.54) is 55.8 Å². The summed E-state index contributed by atoms with van der Waals surface area (Å²) in [5, 5.41) is 26.7. The monoisotopic (exact) mass is 438 g/mol. The van der Waals surface area contributed by atoms with Crippen LogP contribution in [0.15, 0.2) is 0 Å². The number of hydrogen-bond donors (Lipinski definition) is 0. The van der Waals surface area contributed by atoms with Crippen LogP contribution in [-0.4, -0.2) is 40.4 Å². The van der Waals surface area contributed by atoms with Crippen LogP contribution >= 0.6 is 0 Å². The quantitative estimate of drug-likeness (QED) is 0.389. The zero-order chi connectivity index (χ0) is 19.1. The fourth-order valence-corrected chi connectivity index (χ4v) is 1.97. The molecule has 134 valence electrons. The molecule has 23 heavy (non-hydrogen) atoms. The third kappa shape index (κ3) is 151. The van der Waals surface area contributed by atoms with Crippen molar-refractivity contribution in [2.45, 2.75) is 83.5 Å². The van der Waals surface area contributed by atoms with Gasteiger partial charge in [-0.1, -0.05) is 0 Å². The van der Waals surface area contributed by atoms with E-state index in [9.17, 15) is 0 Å². The van der Waals surface area contributed by atoms with E-state index in [-0.39, 0.29) is 0 Å². The Hall–Kier alpha value is -0.791. The molecule has 0 aromatic rings. The van der Waals surface area contributed by atoms with Crippen molar-refractivity contribution in [2.24, 2.45) is 0 Å². The van der Waals surface area contributed by atoms with Gasteiger partial charge in [0.2, 0.25) is 0 Å². The average Bonchev–Trinajstić information content (AvgIpc) is 2.36. The Balaban J connectivity index is -0.000000124. The molecule has 0 aromatic heterocycles. The SMILES string of the molecule is CC(=O)[O-].CC(=O)[O-].CC(=O)[O-].CCCCCCCCC[CH2][Sn+3]. The summed E-state index contributed by atoms with van der Waals surface area (Å²) < 4.78 is 1.46. The van der Waals surface area contributed by atoms with Crippen molar-refractivity contribution in [2.75, 3.05) is 0 Å². The molecule has 0 N–H and O–H groups in total. The van der Waals surface area contributed by atoms with E-state index >= 15 is 0 Å². The van der Waals surface area contributed by atoms with E-state index in [2.05, 4.69) is 6.92 Å². The van der Waals surface area contributed by atoms with Gasteiger partial charge in [0, 0.05) is 17.9 Å². The summed E-state index contributed by atoms with van der Waals surface area (Å²) in [6.45, 7) is 5.19. The van der Waals surface area contributed by atoms with E-state index in [4.69, 9.17) is 29.7 Å². The van der Waals surface area contributed by atoms with Gasteiger partial charge in [-0.2, -0.15) is 0 Å². The van der Waals surface area contributed by atoms with E-state index < -0.39 is 17.9 Å². The molecule has 0 bridgehead atoms. The Labute approximate surface area is 153 Å². The Morgan fingerprint density at radius 2 is 0.870 bits per heavy atom.